The van der Waals surface area contributed by atoms with Crippen LogP contribution in [0.4, 0.5) is 20.2 Å². The van der Waals surface area contributed by atoms with Crippen LogP contribution in [0.1, 0.15) is 10.4 Å². The number of halogens is 3. The van der Waals surface area contributed by atoms with E-state index < -0.39 is 40.0 Å². The van der Waals surface area contributed by atoms with Gasteiger partial charge in [-0.25, -0.2) is 17.2 Å². The molecule has 0 aliphatic heterocycles. The van der Waals surface area contributed by atoms with Crippen LogP contribution in [0.15, 0.2) is 71.6 Å². The van der Waals surface area contributed by atoms with Crippen molar-refractivity contribution in [2.75, 3.05) is 16.6 Å². The second kappa shape index (κ2) is 9.75. The van der Waals surface area contributed by atoms with E-state index in [1.165, 1.54) is 36.4 Å². The Balaban J connectivity index is 1.64. The van der Waals surface area contributed by atoms with E-state index in [0.29, 0.717) is 5.02 Å². The average molecular weight is 480 g/mol. The van der Waals surface area contributed by atoms with Gasteiger partial charge in [0.2, 0.25) is 5.91 Å². The molecular formula is C21H16ClF2N3O4S. The number of nitrogens with one attached hydrogen (secondary N) is 3. The maximum atomic E-state index is 13.2. The molecule has 3 rings (SSSR count). The molecule has 0 saturated heterocycles. The summed E-state index contributed by atoms with van der Waals surface area (Å²) in [6.07, 6.45) is 0. The number of carbonyl (C=O) groups is 2. The number of anilines is 2. The summed E-state index contributed by atoms with van der Waals surface area (Å²) in [6.45, 7) is -0.477. The molecule has 0 heterocycles. The fourth-order valence-electron chi connectivity index (χ4n) is 2.61. The van der Waals surface area contributed by atoms with Gasteiger partial charge in [-0.15, -0.1) is 0 Å². The highest BCUT2D eigenvalue weighted by atomic mass is 35.5. The molecule has 7 nitrogen and oxygen atoms in total. The fraction of sp³-hybridized carbons (Fsp3) is 0.0476. The van der Waals surface area contributed by atoms with Gasteiger partial charge in [0.1, 0.15) is 0 Å². The van der Waals surface area contributed by atoms with E-state index in [-0.39, 0.29) is 21.8 Å². The Morgan fingerprint density at radius 2 is 1.62 bits per heavy atom. The van der Waals surface area contributed by atoms with E-state index in [2.05, 4.69) is 15.4 Å². The first-order chi connectivity index (χ1) is 15.1. The van der Waals surface area contributed by atoms with Crippen molar-refractivity contribution >= 4 is 44.8 Å². The van der Waals surface area contributed by atoms with Crippen molar-refractivity contribution in [3.63, 3.8) is 0 Å². The smallest absolute Gasteiger partial charge is 0.261 e. The van der Waals surface area contributed by atoms with Gasteiger partial charge < -0.3 is 10.6 Å². The van der Waals surface area contributed by atoms with Crippen molar-refractivity contribution in [1.82, 2.24) is 5.32 Å². The lowest BCUT2D eigenvalue weighted by atomic mass is 10.2. The molecule has 0 aliphatic carbocycles. The molecule has 0 fully saturated rings. The third-order valence-electron chi connectivity index (χ3n) is 4.10. The summed E-state index contributed by atoms with van der Waals surface area (Å²) in [5, 5.41) is 4.98. The van der Waals surface area contributed by atoms with Gasteiger partial charge in [-0.05, 0) is 48.5 Å². The highest BCUT2D eigenvalue weighted by molar-refractivity contribution is 7.92. The second-order valence-corrected chi connectivity index (χ2v) is 8.62. The number of carbonyl (C=O) groups excluding carboxylic acids is 2. The lowest BCUT2D eigenvalue weighted by Crippen LogP contribution is -2.33. The molecule has 11 heteroatoms. The SMILES string of the molecule is O=C(CNC(=O)c1cccc(S(=O)(=O)Nc2cccc(Cl)c2)c1)Nc1ccc(F)c(F)c1. The van der Waals surface area contributed by atoms with Crippen LogP contribution >= 0.6 is 11.6 Å². The van der Waals surface area contributed by atoms with Crippen LogP contribution < -0.4 is 15.4 Å². The summed E-state index contributed by atoms with van der Waals surface area (Å²) in [5.41, 5.74) is 0.268. The number of sulfonamides is 1. The predicted molar refractivity (Wildman–Crippen MR) is 116 cm³/mol. The average Bonchev–Trinajstić information content (AvgIpc) is 2.74. The van der Waals surface area contributed by atoms with Gasteiger partial charge in [-0.1, -0.05) is 23.7 Å². The van der Waals surface area contributed by atoms with E-state index in [9.17, 15) is 26.8 Å². The third-order valence-corrected chi connectivity index (χ3v) is 5.71. The fourth-order valence-corrected chi connectivity index (χ4v) is 3.90. The molecule has 0 saturated carbocycles. The first-order valence-corrected chi connectivity index (χ1v) is 10.9. The standard InChI is InChI=1S/C21H16ClF2N3O4S/c22-14-4-2-5-16(10-14)27-32(30,31)17-6-1-3-13(9-17)21(29)25-12-20(28)26-15-7-8-18(23)19(24)11-15/h1-11,27H,12H2,(H,25,29)(H,26,28). The summed E-state index contributed by atoms with van der Waals surface area (Å²) in [5.74, 6) is -3.58. The van der Waals surface area contributed by atoms with Crippen LogP contribution in [0.3, 0.4) is 0 Å². The molecule has 0 radical (unpaired) electrons. The largest absolute Gasteiger partial charge is 0.343 e. The topological polar surface area (TPSA) is 104 Å². The molecule has 0 atom stereocenters. The highest BCUT2D eigenvalue weighted by Gasteiger charge is 2.17. The van der Waals surface area contributed by atoms with E-state index >= 15 is 0 Å². The molecule has 166 valence electrons. The van der Waals surface area contributed by atoms with Crippen molar-refractivity contribution in [3.05, 3.63) is 89.0 Å². The Kier molecular flexibility index (Phi) is 7.06. The molecule has 0 unspecified atom stereocenters. The minimum absolute atomic E-state index is 0.000374. The van der Waals surface area contributed by atoms with Gasteiger partial charge >= 0.3 is 0 Å². The van der Waals surface area contributed by atoms with Crippen molar-refractivity contribution in [2.45, 2.75) is 4.90 Å². The van der Waals surface area contributed by atoms with E-state index in [0.717, 1.165) is 18.2 Å². The van der Waals surface area contributed by atoms with Crippen LogP contribution in [-0.2, 0) is 14.8 Å². The Morgan fingerprint density at radius 3 is 2.34 bits per heavy atom. The summed E-state index contributed by atoms with van der Waals surface area (Å²) >= 11 is 5.86. The summed E-state index contributed by atoms with van der Waals surface area (Å²) in [7, 11) is -4.00. The molecule has 32 heavy (non-hydrogen) atoms. The van der Waals surface area contributed by atoms with Crippen LogP contribution in [-0.4, -0.2) is 26.8 Å². The number of amides is 2. The number of benzene rings is 3. The van der Waals surface area contributed by atoms with Crippen LogP contribution in [0, 0.1) is 11.6 Å². The van der Waals surface area contributed by atoms with E-state index in [1.54, 1.807) is 12.1 Å². The molecule has 0 bridgehead atoms. The minimum Gasteiger partial charge on any atom is -0.343 e. The Morgan fingerprint density at radius 1 is 0.875 bits per heavy atom. The van der Waals surface area contributed by atoms with Gasteiger partial charge in [0.05, 0.1) is 17.1 Å². The van der Waals surface area contributed by atoms with Crippen LogP contribution in [0.5, 0.6) is 0 Å². The summed E-state index contributed by atoms with van der Waals surface area (Å²) in [4.78, 5) is 24.1. The molecule has 0 aliphatic rings. The zero-order valence-electron chi connectivity index (χ0n) is 16.2. The number of rotatable bonds is 7. The van der Waals surface area contributed by atoms with Gasteiger partial charge in [0.15, 0.2) is 11.6 Å². The van der Waals surface area contributed by atoms with E-state index in [4.69, 9.17) is 11.6 Å². The maximum absolute atomic E-state index is 13.2. The van der Waals surface area contributed by atoms with Crippen LogP contribution in [0.2, 0.25) is 5.02 Å². The van der Waals surface area contributed by atoms with Crippen molar-refractivity contribution in [2.24, 2.45) is 0 Å². The lowest BCUT2D eigenvalue weighted by Gasteiger charge is -2.10. The van der Waals surface area contributed by atoms with Gasteiger partial charge in [-0.3, -0.25) is 14.3 Å². The second-order valence-electron chi connectivity index (χ2n) is 6.50. The molecule has 2 amide bonds. The lowest BCUT2D eigenvalue weighted by molar-refractivity contribution is -0.115. The zero-order valence-corrected chi connectivity index (χ0v) is 17.8. The Bertz CT molecular complexity index is 1290. The Hall–Kier alpha value is -3.50. The minimum atomic E-state index is -4.00. The number of hydrogen-bond donors (Lipinski definition) is 3. The van der Waals surface area contributed by atoms with Crippen molar-refractivity contribution in [1.29, 1.82) is 0 Å². The summed E-state index contributed by atoms with van der Waals surface area (Å²) < 4.78 is 53.7. The van der Waals surface area contributed by atoms with Crippen molar-refractivity contribution < 1.29 is 26.8 Å². The first-order valence-electron chi connectivity index (χ1n) is 9.05. The van der Waals surface area contributed by atoms with Crippen LogP contribution in [0.25, 0.3) is 0 Å². The van der Waals surface area contributed by atoms with Gasteiger partial charge in [0, 0.05) is 22.3 Å². The third kappa shape index (κ3) is 6.02. The number of hydrogen-bond acceptors (Lipinski definition) is 4. The molecule has 3 N–H and O–H groups in total. The normalized spacial score (nSPS) is 11.0. The molecular weight excluding hydrogens is 464 g/mol. The predicted octanol–water partition coefficient (Wildman–Crippen LogP) is 3.79. The van der Waals surface area contributed by atoms with Gasteiger partial charge in [0.25, 0.3) is 15.9 Å². The van der Waals surface area contributed by atoms with Gasteiger partial charge in [-0.2, -0.15) is 0 Å². The zero-order chi connectivity index (χ0) is 23.3. The Labute approximate surface area is 187 Å². The molecule has 0 spiro atoms. The monoisotopic (exact) mass is 479 g/mol. The molecule has 3 aromatic rings. The maximum Gasteiger partial charge on any atom is 0.261 e. The molecule has 3 aromatic carbocycles. The highest BCUT2D eigenvalue weighted by Crippen LogP contribution is 2.20. The summed E-state index contributed by atoms with van der Waals surface area (Å²) in [6, 6.07) is 14.1. The van der Waals surface area contributed by atoms with E-state index in [1.807, 2.05) is 0 Å². The quantitative estimate of drug-likeness (QED) is 0.479. The van der Waals surface area contributed by atoms with Crippen molar-refractivity contribution in [3.8, 4) is 0 Å². The first kappa shape index (κ1) is 23.2. The molecule has 0 aromatic heterocycles.